The number of rotatable bonds is 4. The molecule has 0 unspecified atom stereocenters. The number of hydrogen-bond donors (Lipinski definition) is 2. The molecule has 0 saturated carbocycles. The summed E-state index contributed by atoms with van der Waals surface area (Å²) in [6.45, 7) is 3.93. The average Bonchev–Trinajstić information content (AvgIpc) is 3.03. The highest BCUT2D eigenvalue weighted by molar-refractivity contribution is 7.18. The summed E-state index contributed by atoms with van der Waals surface area (Å²) in [6.07, 6.45) is 0.323. The van der Waals surface area contributed by atoms with Crippen LogP contribution in [0.4, 0.5) is 10.7 Å². The van der Waals surface area contributed by atoms with E-state index in [0.29, 0.717) is 11.3 Å². The number of thiophene rings is 1. The van der Waals surface area contributed by atoms with Crippen LogP contribution >= 0.6 is 11.3 Å². The number of carbonyl (C=O) groups excluding carboxylic acids is 2. The fourth-order valence-electron chi connectivity index (χ4n) is 3.85. The highest BCUT2D eigenvalue weighted by Crippen LogP contribution is 2.47. The molecule has 0 spiro atoms. The second-order valence-corrected chi connectivity index (χ2v) is 8.19. The summed E-state index contributed by atoms with van der Waals surface area (Å²) in [5, 5.41) is 6.66. The van der Waals surface area contributed by atoms with Crippen molar-refractivity contribution in [2.45, 2.75) is 26.2 Å². The minimum absolute atomic E-state index is 0.0553. The van der Waals surface area contributed by atoms with Gasteiger partial charge in [-0.15, -0.1) is 11.3 Å². The van der Waals surface area contributed by atoms with E-state index in [1.807, 2.05) is 62.4 Å². The molecule has 0 aliphatic carbocycles. The van der Waals surface area contributed by atoms with Crippen LogP contribution in [0.25, 0.3) is 0 Å². The summed E-state index contributed by atoms with van der Waals surface area (Å²) in [6, 6.07) is 15.4. The number of amides is 2. The zero-order valence-corrected chi connectivity index (χ0v) is 17.4. The Labute approximate surface area is 173 Å². The lowest BCUT2D eigenvalue weighted by Crippen LogP contribution is -2.23. The van der Waals surface area contributed by atoms with Crippen molar-refractivity contribution in [3.05, 3.63) is 75.7 Å². The van der Waals surface area contributed by atoms with Gasteiger partial charge in [-0.3, -0.25) is 9.59 Å². The van der Waals surface area contributed by atoms with Gasteiger partial charge in [-0.25, -0.2) is 0 Å². The second kappa shape index (κ2) is 7.72. The van der Waals surface area contributed by atoms with Gasteiger partial charge in [0.1, 0.15) is 5.75 Å². The number of para-hydroxylation sites is 1. The Morgan fingerprint density at radius 2 is 1.97 bits per heavy atom. The third kappa shape index (κ3) is 3.63. The van der Waals surface area contributed by atoms with Crippen LogP contribution < -0.4 is 15.4 Å². The molecule has 0 bridgehead atoms. The molecule has 148 valence electrons. The maximum absolute atomic E-state index is 13.0. The molecule has 29 heavy (non-hydrogen) atoms. The molecule has 0 saturated heterocycles. The van der Waals surface area contributed by atoms with Crippen LogP contribution in [0, 0.1) is 13.8 Å². The van der Waals surface area contributed by atoms with E-state index in [1.54, 1.807) is 7.11 Å². The average molecular weight is 407 g/mol. The summed E-state index contributed by atoms with van der Waals surface area (Å²) in [7, 11) is 1.63. The van der Waals surface area contributed by atoms with Gasteiger partial charge in [-0.05, 0) is 48.7 Å². The zero-order chi connectivity index (χ0) is 20.5. The monoisotopic (exact) mass is 406 g/mol. The van der Waals surface area contributed by atoms with Crippen molar-refractivity contribution in [2.24, 2.45) is 0 Å². The summed E-state index contributed by atoms with van der Waals surface area (Å²) in [5.41, 5.74) is 4.68. The SMILES string of the molecule is COc1ccccc1[C@H]1CC(=O)Nc2sc(C(=O)Nc3cccc(C)c3)c(C)c21. The molecule has 2 heterocycles. The van der Waals surface area contributed by atoms with E-state index in [9.17, 15) is 9.59 Å². The number of anilines is 2. The lowest BCUT2D eigenvalue weighted by Gasteiger charge is -2.25. The molecule has 2 N–H and O–H groups in total. The van der Waals surface area contributed by atoms with Crippen molar-refractivity contribution in [3.8, 4) is 5.75 Å². The highest BCUT2D eigenvalue weighted by atomic mass is 32.1. The number of fused-ring (bicyclic) bond motifs is 1. The number of ether oxygens (including phenoxy) is 1. The number of benzene rings is 2. The second-order valence-electron chi connectivity index (χ2n) is 7.17. The molecular formula is C23H22N2O3S. The maximum atomic E-state index is 13.0. The van der Waals surface area contributed by atoms with Crippen LogP contribution in [0.15, 0.2) is 48.5 Å². The van der Waals surface area contributed by atoms with Crippen molar-refractivity contribution in [3.63, 3.8) is 0 Å². The zero-order valence-electron chi connectivity index (χ0n) is 16.5. The quantitative estimate of drug-likeness (QED) is 0.633. The molecular weight excluding hydrogens is 384 g/mol. The van der Waals surface area contributed by atoms with E-state index in [1.165, 1.54) is 11.3 Å². The topological polar surface area (TPSA) is 67.4 Å². The van der Waals surface area contributed by atoms with Gasteiger partial charge in [0.25, 0.3) is 5.91 Å². The number of nitrogens with one attached hydrogen (secondary N) is 2. The molecule has 1 aliphatic heterocycles. The number of aryl methyl sites for hydroxylation is 1. The Morgan fingerprint density at radius 1 is 1.17 bits per heavy atom. The minimum Gasteiger partial charge on any atom is -0.496 e. The summed E-state index contributed by atoms with van der Waals surface area (Å²) in [5.74, 6) is 0.377. The number of hydrogen-bond acceptors (Lipinski definition) is 4. The first-order chi connectivity index (χ1) is 14.0. The Bertz CT molecular complexity index is 1100. The Morgan fingerprint density at radius 3 is 2.72 bits per heavy atom. The predicted octanol–water partition coefficient (Wildman–Crippen LogP) is 5.10. The number of carbonyl (C=O) groups is 2. The van der Waals surface area contributed by atoms with E-state index in [0.717, 1.165) is 38.7 Å². The van der Waals surface area contributed by atoms with Crippen molar-refractivity contribution in [1.29, 1.82) is 0 Å². The van der Waals surface area contributed by atoms with E-state index < -0.39 is 0 Å². The molecule has 0 fully saturated rings. The minimum atomic E-state index is -0.166. The van der Waals surface area contributed by atoms with Gasteiger partial charge in [0.15, 0.2) is 0 Å². The third-order valence-corrected chi connectivity index (χ3v) is 6.40. The van der Waals surface area contributed by atoms with Gasteiger partial charge >= 0.3 is 0 Å². The molecule has 5 nitrogen and oxygen atoms in total. The Balaban J connectivity index is 1.74. The first kappa shape index (κ1) is 19.2. The van der Waals surface area contributed by atoms with E-state index in [2.05, 4.69) is 10.6 Å². The van der Waals surface area contributed by atoms with Crippen LogP contribution in [0.2, 0.25) is 0 Å². The van der Waals surface area contributed by atoms with Gasteiger partial charge in [-0.1, -0.05) is 30.3 Å². The Hall–Kier alpha value is -3.12. The maximum Gasteiger partial charge on any atom is 0.266 e. The summed E-state index contributed by atoms with van der Waals surface area (Å²) in [4.78, 5) is 26.0. The Kier molecular flexibility index (Phi) is 5.11. The summed E-state index contributed by atoms with van der Waals surface area (Å²) < 4.78 is 5.53. The van der Waals surface area contributed by atoms with Crippen LogP contribution in [-0.4, -0.2) is 18.9 Å². The predicted molar refractivity (Wildman–Crippen MR) is 116 cm³/mol. The molecule has 1 aliphatic rings. The fraction of sp³-hybridized carbons (Fsp3) is 0.217. The fourth-order valence-corrected chi connectivity index (χ4v) is 5.03. The lowest BCUT2D eigenvalue weighted by molar-refractivity contribution is -0.116. The van der Waals surface area contributed by atoms with E-state index >= 15 is 0 Å². The van der Waals surface area contributed by atoms with E-state index in [-0.39, 0.29) is 17.7 Å². The van der Waals surface area contributed by atoms with Gasteiger partial charge < -0.3 is 15.4 Å². The lowest BCUT2D eigenvalue weighted by atomic mass is 9.84. The molecule has 0 radical (unpaired) electrons. The number of methoxy groups -OCH3 is 1. The first-order valence-corrected chi connectivity index (χ1v) is 10.2. The smallest absolute Gasteiger partial charge is 0.266 e. The van der Waals surface area contributed by atoms with Crippen LogP contribution in [0.1, 0.15) is 44.3 Å². The van der Waals surface area contributed by atoms with Gasteiger partial charge in [-0.2, -0.15) is 0 Å². The first-order valence-electron chi connectivity index (χ1n) is 9.42. The van der Waals surface area contributed by atoms with Crippen molar-refractivity contribution >= 4 is 33.8 Å². The standard InChI is InChI=1S/C23H22N2O3S/c1-13-7-6-8-15(11-13)24-22(27)21-14(2)20-17(12-19(26)25-23(20)29-21)16-9-4-5-10-18(16)28-3/h4-11,17H,12H2,1-3H3,(H,24,27)(H,25,26)/t17-/m1/s1. The van der Waals surface area contributed by atoms with Crippen molar-refractivity contribution < 1.29 is 14.3 Å². The van der Waals surface area contributed by atoms with Gasteiger partial charge in [0.05, 0.1) is 17.0 Å². The summed E-state index contributed by atoms with van der Waals surface area (Å²) >= 11 is 1.32. The molecule has 2 amide bonds. The molecule has 1 aromatic heterocycles. The molecule has 3 aromatic rings. The molecule has 1 atom stereocenters. The molecule has 6 heteroatoms. The van der Waals surface area contributed by atoms with Crippen molar-refractivity contribution in [1.82, 2.24) is 0 Å². The van der Waals surface area contributed by atoms with Crippen LogP contribution in [-0.2, 0) is 4.79 Å². The largest absolute Gasteiger partial charge is 0.496 e. The third-order valence-electron chi connectivity index (χ3n) is 5.18. The molecule has 2 aromatic carbocycles. The van der Waals surface area contributed by atoms with Crippen LogP contribution in [0.3, 0.4) is 0 Å². The van der Waals surface area contributed by atoms with Gasteiger partial charge in [0.2, 0.25) is 5.91 Å². The highest BCUT2D eigenvalue weighted by Gasteiger charge is 2.34. The van der Waals surface area contributed by atoms with Crippen molar-refractivity contribution in [2.75, 3.05) is 17.7 Å². The molecule has 4 rings (SSSR count). The van der Waals surface area contributed by atoms with Crippen LogP contribution in [0.5, 0.6) is 5.75 Å². The van der Waals surface area contributed by atoms with Gasteiger partial charge in [0, 0.05) is 23.6 Å². The van der Waals surface area contributed by atoms with E-state index in [4.69, 9.17) is 4.74 Å². The normalized spacial score (nSPS) is 15.4.